The Morgan fingerprint density at radius 1 is 1.28 bits per heavy atom. The van der Waals surface area contributed by atoms with Crippen molar-refractivity contribution in [3.05, 3.63) is 47.8 Å². The van der Waals surface area contributed by atoms with Crippen LogP contribution in [-0.4, -0.2) is 27.1 Å². The van der Waals surface area contributed by atoms with Gasteiger partial charge in [0, 0.05) is 11.9 Å². The van der Waals surface area contributed by atoms with Crippen molar-refractivity contribution in [1.29, 1.82) is 0 Å². The van der Waals surface area contributed by atoms with E-state index in [1.54, 1.807) is 6.07 Å². The summed E-state index contributed by atoms with van der Waals surface area (Å²) in [5, 5.41) is 20.0. The number of allylic oxidation sites excluding steroid dienone is 2. The number of nitrogens with one attached hydrogen (secondary N) is 1. The first-order chi connectivity index (χ1) is 8.50. The average molecular weight is 248 g/mol. The predicted molar refractivity (Wildman–Crippen MR) is 65.1 cm³/mol. The summed E-state index contributed by atoms with van der Waals surface area (Å²) in [7, 11) is 0. The van der Waals surface area contributed by atoms with Crippen LogP contribution in [0, 0.1) is 6.92 Å². The Bertz CT molecular complexity index is 505. The smallest absolute Gasteiger partial charge is 0.343 e. The van der Waals surface area contributed by atoms with Crippen LogP contribution in [0.4, 0.5) is 5.82 Å². The highest BCUT2D eigenvalue weighted by Gasteiger charge is 2.13. The fraction of sp³-hybridized carbons (Fsp3) is 0.0833. The molecular formula is C12H12N2O4. The van der Waals surface area contributed by atoms with E-state index in [0.717, 1.165) is 11.8 Å². The lowest BCUT2D eigenvalue weighted by Crippen LogP contribution is -2.10. The lowest BCUT2D eigenvalue weighted by molar-refractivity contribution is -0.140. The maximum absolute atomic E-state index is 10.5. The minimum atomic E-state index is -1.49. The normalized spacial score (nSPS) is 10.1. The molecule has 1 heterocycles. The van der Waals surface area contributed by atoms with Crippen molar-refractivity contribution >= 4 is 17.8 Å². The van der Waals surface area contributed by atoms with Gasteiger partial charge >= 0.3 is 11.9 Å². The molecule has 0 fully saturated rings. The molecule has 1 rings (SSSR count). The zero-order valence-corrected chi connectivity index (χ0v) is 9.62. The zero-order valence-electron chi connectivity index (χ0n) is 9.62. The number of carboxylic acid groups (broad SMARTS) is 2. The number of anilines is 1. The van der Waals surface area contributed by atoms with Crippen LogP contribution in [0.5, 0.6) is 0 Å². The summed E-state index contributed by atoms with van der Waals surface area (Å²) in [5.74, 6) is -2.38. The molecule has 0 atom stereocenters. The van der Waals surface area contributed by atoms with Crippen molar-refractivity contribution in [3.63, 3.8) is 0 Å². The number of aryl methyl sites for hydroxylation is 1. The molecule has 0 bridgehead atoms. The molecule has 0 radical (unpaired) electrons. The van der Waals surface area contributed by atoms with Crippen molar-refractivity contribution in [2.75, 3.05) is 5.32 Å². The number of pyridine rings is 1. The second-order valence-corrected chi connectivity index (χ2v) is 3.36. The van der Waals surface area contributed by atoms with Gasteiger partial charge in [0.1, 0.15) is 11.4 Å². The van der Waals surface area contributed by atoms with E-state index < -0.39 is 17.5 Å². The molecule has 0 aliphatic rings. The fourth-order valence-corrected chi connectivity index (χ4v) is 1.14. The predicted octanol–water partition coefficient (Wildman–Crippen LogP) is 1.41. The highest BCUT2D eigenvalue weighted by atomic mass is 16.4. The maximum Gasteiger partial charge on any atom is 0.343 e. The molecule has 0 spiro atoms. The van der Waals surface area contributed by atoms with Gasteiger partial charge in [0.15, 0.2) is 0 Å². The number of aromatic nitrogens is 1. The number of carbonyl (C=O) groups is 2. The molecule has 6 heteroatoms. The Morgan fingerprint density at radius 3 is 2.50 bits per heavy atom. The van der Waals surface area contributed by atoms with E-state index in [2.05, 4.69) is 10.3 Å². The van der Waals surface area contributed by atoms with Gasteiger partial charge in [-0.2, -0.15) is 0 Å². The third kappa shape index (κ3) is 4.09. The minimum absolute atomic E-state index is 0.590. The molecule has 3 N–H and O–H groups in total. The van der Waals surface area contributed by atoms with E-state index in [1.807, 2.05) is 19.1 Å². The van der Waals surface area contributed by atoms with Gasteiger partial charge in [0.05, 0.1) is 0 Å². The van der Waals surface area contributed by atoms with Crippen molar-refractivity contribution in [2.45, 2.75) is 6.92 Å². The molecule has 1 aromatic rings. The minimum Gasteiger partial charge on any atom is -0.477 e. The summed E-state index contributed by atoms with van der Waals surface area (Å²) < 4.78 is 0. The van der Waals surface area contributed by atoms with Gasteiger partial charge in [-0.25, -0.2) is 14.6 Å². The number of nitrogens with zero attached hydrogens (tertiary/aromatic N) is 1. The fourth-order valence-electron chi connectivity index (χ4n) is 1.14. The number of hydrogen-bond donors (Lipinski definition) is 3. The highest BCUT2D eigenvalue weighted by molar-refractivity contribution is 6.12. The Morgan fingerprint density at radius 2 is 1.94 bits per heavy atom. The van der Waals surface area contributed by atoms with Crippen LogP contribution < -0.4 is 5.32 Å². The van der Waals surface area contributed by atoms with Crippen LogP contribution in [0.2, 0.25) is 0 Å². The quantitative estimate of drug-likeness (QED) is 0.315. The van der Waals surface area contributed by atoms with Crippen LogP contribution in [-0.2, 0) is 9.59 Å². The molecule has 1 aromatic heterocycles. The Balaban J connectivity index is 2.68. The third-order valence-corrected chi connectivity index (χ3v) is 1.94. The largest absolute Gasteiger partial charge is 0.477 e. The van der Waals surface area contributed by atoms with E-state index in [-0.39, 0.29) is 0 Å². The number of aliphatic carboxylic acids is 2. The topological polar surface area (TPSA) is 99.5 Å². The van der Waals surface area contributed by atoms with E-state index >= 15 is 0 Å². The lowest BCUT2D eigenvalue weighted by atomic mass is 10.2. The van der Waals surface area contributed by atoms with Crippen LogP contribution in [0.3, 0.4) is 0 Å². The summed E-state index contributed by atoms with van der Waals surface area (Å²) in [4.78, 5) is 25.2. The second-order valence-electron chi connectivity index (χ2n) is 3.36. The van der Waals surface area contributed by atoms with Gasteiger partial charge in [-0.05, 0) is 31.2 Å². The van der Waals surface area contributed by atoms with Crippen molar-refractivity contribution in [1.82, 2.24) is 4.98 Å². The molecule has 94 valence electrons. The van der Waals surface area contributed by atoms with Gasteiger partial charge < -0.3 is 15.5 Å². The van der Waals surface area contributed by atoms with Crippen LogP contribution in [0.25, 0.3) is 0 Å². The standard InChI is InChI=1S/C12H12N2O4/c1-8-4-2-6-10(14-8)13-7-3-5-9(11(15)16)12(17)18/h2-7H,1H3,(H,13,14)(H,15,16)(H,17,18). The summed E-state index contributed by atoms with van der Waals surface area (Å²) in [6.07, 6.45) is 3.70. The SMILES string of the molecule is Cc1cccc(NC=CC=C(C(=O)O)C(=O)O)n1. The summed E-state index contributed by atoms with van der Waals surface area (Å²) in [6, 6.07) is 5.38. The summed E-state index contributed by atoms with van der Waals surface area (Å²) >= 11 is 0. The molecule has 18 heavy (non-hydrogen) atoms. The molecule has 0 amide bonds. The van der Waals surface area contributed by atoms with Crippen LogP contribution in [0.15, 0.2) is 42.1 Å². The highest BCUT2D eigenvalue weighted by Crippen LogP contribution is 2.03. The van der Waals surface area contributed by atoms with Gasteiger partial charge in [-0.1, -0.05) is 6.07 Å². The van der Waals surface area contributed by atoms with Crippen molar-refractivity contribution in [2.24, 2.45) is 0 Å². The Kier molecular flexibility index (Phi) is 4.62. The summed E-state index contributed by atoms with van der Waals surface area (Å²) in [5.41, 5.74) is 0.131. The number of hydrogen-bond acceptors (Lipinski definition) is 4. The molecule has 6 nitrogen and oxygen atoms in total. The Labute approximate surface area is 103 Å². The van der Waals surface area contributed by atoms with Gasteiger partial charge in [0.25, 0.3) is 0 Å². The lowest BCUT2D eigenvalue weighted by Gasteiger charge is -1.99. The molecule has 0 unspecified atom stereocenters. The van der Waals surface area contributed by atoms with Crippen molar-refractivity contribution < 1.29 is 19.8 Å². The number of rotatable bonds is 5. The Hall–Kier alpha value is -2.63. The maximum atomic E-state index is 10.5. The molecular weight excluding hydrogens is 236 g/mol. The zero-order chi connectivity index (χ0) is 13.5. The number of carboxylic acids is 2. The first-order valence-corrected chi connectivity index (χ1v) is 5.04. The third-order valence-electron chi connectivity index (χ3n) is 1.94. The van der Waals surface area contributed by atoms with Gasteiger partial charge in [-0.15, -0.1) is 0 Å². The van der Waals surface area contributed by atoms with E-state index in [4.69, 9.17) is 10.2 Å². The summed E-state index contributed by atoms with van der Waals surface area (Å²) in [6.45, 7) is 1.84. The molecule has 0 saturated heterocycles. The van der Waals surface area contributed by atoms with E-state index in [1.165, 1.54) is 12.3 Å². The molecule has 0 aromatic carbocycles. The molecule has 0 aliphatic carbocycles. The first kappa shape index (κ1) is 13.4. The molecule has 0 aliphatic heterocycles. The second kappa shape index (κ2) is 6.19. The monoisotopic (exact) mass is 248 g/mol. The molecule has 0 saturated carbocycles. The average Bonchev–Trinajstić information content (AvgIpc) is 2.27. The van der Waals surface area contributed by atoms with Gasteiger partial charge in [0.2, 0.25) is 0 Å². The van der Waals surface area contributed by atoms with Crippen LogP contribution in [0.1, 0.15) is 5.69 Å². The van der Waals surface area contributed by atoms with E-state index in [0.29, 0.717) is 5.82 Å². The first-order valence-electron chi connectivity index (χ1n) is 5.04. The van der Waals surface area contributed by atoms with Crippen molar-refractivity contribution in [3.8, 4) is 0 Å². The van der Waals surface area contributed by atoms with Gasteiger partial charge in [-0.3, -0.25) is 0 Å². The van der Waals surface area contributed by atoms with E-state index in [9.17, 15) is 9.59 Å². The van der Waals surface area contributed by atoms with Crippen LogP contribution >= 0.6 is 0 Å².